The summed E-state index contributed by atoms with van der Waals surface area (Å²) in [5, 5.41) is 0. The number of hydrogen-bond acceptors (Lipinski definition) is 4. The smallest absolute Gasteiger partial charge is 0.186 e. The number of Topliss-reactive ketones (excluding diaryl/α,β-unsaturated/α-hetero) is 1. The van der Waals surface area contributed by atoms with Gasteiger partial charge in [-0.1, -0.05) is 0 Å². The van der Waals surface area contributed by atoms with Gasteiger partial charge in [-0.25, -0.2) is 5.43 Å². The van der Waals surface area contributed by atoms with E-state index in [4.69, 9.17) is 5.73 Å². The standard InChI is InChI=1S/C8H12N4O/c9-8-5(4-11-12-8)7(13)6-2-1-3-10-6/h1-3,5,8,10-12H,4,9H2. The van der Waals surface area contributed by atoms with Gasteiger partial charge < -0.3 is 10.7 Å². The lowest BCUT2D eigenvalue weighted by molar-refractivity contribution is 0.0914. The third-order valence-corrected chi connectivity index (χ3v) is 2.22. The highest BCUT2D eigenvalue weighted by atomic mass is 16.1. The minimum absolute atomic E-state index is 0.0509. The number of ketones is 1. The molecule has 0 aromatic carbocycles. The fourth-order valence-corrected chi connectivity index (χ4v) is 1.45. The van der Waals surface area contributed by atoms with E-state index in [1.807, 2.05) is 0 Å². The summed E-state index contributed by atoms with van der Waals surface area (Å²) in [7, 11) is 0. The molecule has 2 rings (SSSR count). The van der Waals surface area contributed by atoms with E-state index in [1.165, 1.54) is 0 Å². The number of H-pyrrole nitrogens is 1. The number of aromatic nitrogens is 1. The van der Waals surface area contributed by atoms with Gasteiger partial charge in [0.25, 0.3) is 0 Å². The molecule has 0 radical (unpaired) electrons. The van der Waals surface area contributed by atoms with E-state index < -0.39 is 0 Å². The molecule has 2 heterocycles. The summed E-state index contributed by atoms with van der Waals surface area (Å²) in [6.07, 6.45) is 1.44. The second-order valence-electron chi connectivity index (χ2n) is 3.11. The van der Waals surface area contributed by atoms with E-state index in [2.05, 4.69) is 15.8 Å². The Hall–Kier alpha value is -1.17. The van der Waals surface area contributed by atoms with Gasteiger partial charge in [-0.15, -0.1) is 0 Å². The molecule has 70 valence electrons. The summed E-state index contributed by atoms with van der Waals surface area (Å²) in [5.41, 5.74) is 12.0. The molecule has 0 spiro atoms. The molecule has 2 atom stereocenters. The number of aromatic amines is 1. The van der Waals surface area contributed by atoms with Crippen molar-refractivity contribution in [3.8, 4) is 0 Å². The first-order valence-corrected chi connectivity index (χ1v) is 4.20. The first kappa shape index (κ1) is 8.43. The van der Waals surface area contributed by atoms with E-state index >= 15 is 0 Å². The lowest BCUT2D eigenvalue weighted by Crippen LogP contribution is -2.41. The fourth-order valence-electron chi connectivity index (χ4n) is 1.45. The first-order chi connectivity index (χ1) is 6.29. The lowest BCUT2D eigenvalue weighted by atomic mass is 10.0. The number of hydrogen-bond donors (Lipinski definition) is 4. The van der Waals surface area contributed by atoms with E-state index in [-0.39, 0.29) is 17.9 Å². The fraction of sp³-hybridized carbons (Fsp3) is 0.375. The molecular formula is C8H12N4O. The van der Waals surface area contributed by atoms with Crippen LogP contribution in [0.2, 0.25) is 0 Å². The normalized spacial score (nSPS) is 27.8. The van der Waals surface area contributed by atoms with Crippen molar-refractivity contribution < 1.29 is 4.79 Å². The molecule has 13 heavy (non-hydrogen) atoms. The topological polar surface area (TPSA) is 82.9 Å². The molecule has 0 bridgehead atoms. The highest BCUT2D eigenvalue weighted by molar-refractivity contribution is 5.96. The monoisotopic (exact) mass is 180 g/mol. The maximum Gasteiger partial charge on any atom is 0.186 e. The molecule has 0 amide bonds. The molecule has 1 aliphatic heterocycles. The van der Waals surface area contributed by atoms with Gasteiger partial charge in [0, 0.05) is 12.7 Å². The Morgan fingerprint density at radius 2 is 2.46 bits per heavy atom. The number of rotatable bonds is 2. The lowest BCUT2D eigenvalue weighted by Gasteiger charge is -2.10. The van der Waals surface area contributed by atoms with Crippen LogP contribution in [0.15, 0.2) is 18.3 Å². The predicted molar refractivity (Wildman–Crippen MR) is 47.7 cm³/mol. The van der Waals surface area contributed by atoms with Gasteiger partial charge in [-0.05, 0) is 12.1 Å². The average Bonchev–Trinajstić information content (AvgIpc) is 2.72. The van der Waals surface area contributed by atoms with Crippen LogP contribution < -0.4 is 16.6 Å². The zero-order valence-electron chi connectivity index (χ0n) is 7.08. The van der Waals surface area contributed by atoms with Gasteiger partial charge >= 0.3 is 0 Å². The Balaban J connectivity index is 2.13. The third kappa shape index (κ3) is 1.49. The summed E-state index contributed by atoms with van der Waals surface area (Å²) in [4.78, 5) is 14.6. The molecule has 0 saturated carbocycles. The number of hydrazine groups is 1. The van der Waals surface area contributed by atoms with Crippen LogP contribution in [0.5, 0.6) is 0 Å². The molecule has 5 heteroatoms. The Morgan fingerprint density at radius 1 is 1.62 bits per heavy atom. The van der Waals surface area contributed by atoms with Crippen molar-refractivity contribution in [1.82, 2.24) is 15.8 Å². The average molecular weight is 180 g/mol. The van der Waals surface area contributed by atoms with Crippen LogP contribution in [-0.4, -0.2) is 23.5 Å². The minimum Gasteiger partial charge on any atom is -0.359 e. The maximum atomic E-state index is 11.7. The number of nitrogens with one attached hydrogen (secondary N) is 3. The van der Waals surface area contributed by atoms with Crippen molar-refractivity contribution in [2.45, 2.75) is 6.17 Å². The van der Waals surface area contributed by atoms with Crippen LogP contribution in [-0.2, 0) is 0 Å². The summed E-state index contributed by atoms with van der Waals surface area (Å²) in [5.74, 6) is -0.131. The molecule has 5 nitrogen and oxygen atoms in total. The zero-order valence-corrected chi connectivity index (χ0v) is 7.08. The SMILES string of the molecule is NC1NNCC1C(=O)c1ccc[nH]1. The van der Waals surface area contributed by atoms with Gasteiger partial charge in [0.05, 0.1) is 17.8 Å². The molecular weight excluding hydrogens is 168 g/mol. The maximum absolute atomic E-state index is 11.7. The molecule has 1 aliphatic rings. The number of nitrogens with two attached hydrogens (primary N) is 1. The Morgan fingerprint density at radius 3 is 3.00 bits per heavy atom. The quantitative estimate of drug-likeness (QED) is 0.449. The second kappa shape index (κ2) is 3.29. The van der Waals surface area contributed by atoms with Gasteiger partial charge in [-0.2, -0.15) is 0 Å². The van der Waals surface area contributed by atoms with Crippen LogP contribution in [0.4, 0.5) is 0 Å². The van der Waals surface area contributed by atoms with Gasteiger partial charge in [-0.3, -0.25) is 10.2 Å². The van der Waals surface area contributed by atoms with Gasteiger partial charge in [0.15, 0.2) is 5.78 Å². The van der Waals surface area contributed by atoms with Crippen molar-refractivity contribution in [2.24, 2.45) is 11.7 Å². The number of carbonyl (C=O) groups excluding carboxylic acids is 1. The van der Waals surface area contributed by atoms with Crippen LogP contribution >= 0.6 is 0 Å². The minimum atomic E-state index is -0.296. The molecule has 0 aliphatic carbocycles. The second-order valence-corrected chi connectivity index (χ2v) is 3.11. The Bertz CT molecular complexity index is 295. The van der Waals surface area contributed by atoms with Crippen molar-refractivity contribution in [3.63, 3.8) is 0 Å². The highest BCUT2D eigenvalue weighted by Crippen LogP contribution is 2.10. The molecule has 1 saturated heterocycles. The van der Waals surface area contributed by atoms with Crippen LogP contribution in [0.25, 0.3) is 0 Å². The van der Waals surface area contributed by atoms with Crippen LogP contribution in [0, 0.1) is 5.92 Å². The zero-order chi connectivity index (χ0) is 9.26. The number of carbonyl (C=O) groups is 1. The van der Waals surface area contributed by atoms with Crippen LogP contribution in [0.3, 0.4) is 0 Å². The van der Waals surface area contributed by atoms with Crippen molar-refractivity contribution in [1.29, 1.82) is 0 Å². The van der Waals surface area contributed by atoms with Gasteiger partial charge in [0.2, 0.25) is 0 Å². The molecule has 1 aromatic heterocycles. The van der Waals surface area contributed by atoms with Gasteiger partial charge in [0.1, 0.15) is 0 Å². The van der Waals surface area contributed by atoms with E-state index in [0.717, 1.165) is 0 Å². The molecule has 5 N–H and O–H groups in total. The summed E-state index contributed by atoms with van der Waals surface area (Å²) in [6.45, 7) is 0.582. The van der Waals surface area contributed by atoms with Crippen molar-refractivity contribution >= 4 is 5.78 Å². The van der Waals surface area contributed by atoms with E-state index in [1.54, 1.807) is 18.3 Å². The largest absolute Gasteiger partial charge is 0.359 e. The summed E-state index contributed by atoms with van der Waals surface area (Å²) >= 11 is 0. The Kier molecular flexibility index (Phi) is 2.13. The van der Waals surface area contributed by atoms with Crippen LogP contribution in [0.1, 0.15) is 10.5 Å². The summed E-state index contributed by atoms with van der Waals surface area (Å²) in [6, 6.07) is 3.56. The molecule has 1 fully saturated rings. The Labute approximate surface area is 75.7 Å². The van der Waals surface area contributed by atoms with E-state index in [9.17, 15) is 4.79 Å². The summed E-state index contributed by atoms with van der Waals surface area (Å²) < 4.78 is 0. The third-order valence-electron chi connectivity index (χ3n) is 2.22. The van der Waals surface area contributed by atoms with Crippen molar-refractivity contribution in [2.75, 3.05) is 6.54 Å². The van der Waals surface area contributed by atoms with Crippen molar-refractivity contribution in [3.05, 3.63) is 24.0 Å². The molecule has 2 unspecified atom stereocenters. The first-order valence-electron chi connectivity index (χ1n) is 4.20. The molecule has 1 aromatic rings. The van der Waals surface area contributed by atoms with E-state index in [0.29, 0.717) is 12.2 Å². The predicted octanol–water partition coefficient (Wildman–Crippen LogP) is -0.794. The highest BCUT2D eigenvalue weighted by Gasteiger charge is 2.30.